The molecule has 0 unspecified atom stereocenters. The number of amides is 3. The van der Waals surface area contributed by atoms with Crippen LogP contribution in [0.2, 0.25) is 0 Å². The molecule has 2 fully saturated rings. The number of anilines is 2. The summed E-state index contributed by atoms with van der Waals surface area (Å²) in [4.78, 5) is 43.3. The van der Waals surface area contributed by atoms with Crippen LogP contribution in [0.4, 0.5) is 29.6 Å². The number of urea groups is 1. The Kier molecular flexibility index (Phi) is 19.4. The molecule has 0 atom stereocenters. The number of halogens is 3. The van der Waals surface area contributed by atoms with Gasteiger partial charge in [-0.3, -0.25) is 4.79 Å². The Morgan fingerprint density at radius 3 is 2.10 bits per heavy atom. The summed E-state index contributed by atoms with van der Waals surface area (Å²) in [5.74, 6) is -0.573. The molecule has 3 amide bonds. The van der Waals surface area contributed by atoms with Crippen molar-refractivity contribution in [2.75, 3.05) is 82.1 Å². The van der Waals surface area contributed by atoms with Gasteiger partial charge in [-0.05, 0) is 62.1 Å². The summed E-state index contributed by atoms with van der Waals surface area (Å²) >= 11 is 0. The van der Waals surface area contributed by atoms with E-state index in [4.69, 9.17) is 5.26 Å². The number of aromatic nitrogens is 2. The van der Waals surface area contributed by atoms with Crippen LogP contribution in [0, 0.1) is 17.2 Å². The van der Waals surface area contributed by atoms with Crippen molar-refractivity contribution in [1.82, 2.24) is 30.6 Å². The molecule has 0 bridgehead atoms. The second-order valence-electron chi connectivity index (χ2n) is 11.9. The molecule has 288 valence electrons. The predicted octanol–water partition coefficient (Wildman–Crippen LogP) is 2.23. The van der Waals surface area contributed by atoms with Gasteiger partial charge in [-0.15, -0.1) is 0 Å². The third-order valence-corrected chi connectivity index (χ3v) is 9.27. The number of nitrogens with one attached hydrogen (secondary N) is 4. The Morgan fingerprint density at radius 2 is 1.56 bits per heavy atom. The van der Waals surface area contributed by atoms with Crippen LogP contribution in [0.15, 0.2) is 30.3 Å². The molecule has 52 heavy (non-hydrogen) atoms. The first-order valence-electron chi connectivity index (χ1n) is 16.8. The van der Waals surface area contributed by atoms with E-state index < -0.39 is 28.1 Å². The Labute approximate surface area is 302 Å². The van der Waals surface area contributed by atoms with E-state index in [1.165, 1.54) is 0 Å². The summed E-state index contributed by atoms with van der Waals surface area (Å²) in [5, 5.41) is 16.2. The second-order valence-corrected chi connectivity index (χ2v) is 13.8. The lowest BCUT2D eigenvalue weighted by atomic mass is 9.93. The van der Waals surface area contributed by atoms with E-state index in [1.807, 2.05) is 28.0 Å². The number of carbonyl (C=O) groups excluding carboxylic acids is 3. The molecule has 4 rings (SSSR count). The summed E-state index contributed by atoms with van der Waals surface area (Å²) in [7, 11) is -0.376. The fourth-order valence-electron chi connectivity index (χ4n) is 5.28. The second kappa shape index (κ2) is 23.1. The SMILES string of the molecule is COC.N#Cc1ccc(CCNC=O)cc1.O=CCNS(=O)(=O)CCNC(=O)NCCC1CCN(c2cc(N3CCCC3)nc(C(F)(F)F)n2)CC1. The highest BCUT2D eigenvalue weighted by molar-refractivity contribution is 7.89. The first kappa shape index (κ1) is 43.6. The summed E-state index contributed by atoms with van der Waals surface area (Å²) in [5.41, 5.74) is 1.78. The lowest BCUT2D eigenvalue weighted by Gasteiger charge is -2.33. The first-order valence-corrected chi connectivity index (χ1v) is 18.5. The topological polar surface area (TPSA) is 199 Å². The summed E-state index contributed by atoms with van der Waals surface area (Å²) in [6.07, 6.45) is 1.33. The molecule has 2 aliphatic rings. The number of alkyl halides is 3. The van der Waals surface area contributed by atoms with Crippen molar-refractivity contribution in [3.8, 4) is 6.07 Å². The predicted molar refractivity (Wildman–Crippen MR) is 189 cm³/mol. The van der Waals surface area contributed by atoms with Gasteiger partial charge >= 0.3 is 12.2 Å². The summed E-state index contributed by atoms with van der Waals surface area (Å²) in [6.45, 7) is 3.08. The Bertz CT molecular complexity index is 1530. The molecular formula is C33H48F3N9O6S. The number of aldehydes is 1. The molecule has 0 aliphatic carbocycles. The van der Waals surface area contributed by atoms with Crippen molar-refractivity contribution in [3.05, 3.63) is 47.3 Å². The molecular weight excluding hydrogens is 707 g/mol. The lowest BCUT2D eigenvalue weighted by molar-refractivity contribution is -0.144. The number of rotatable bonds is 15. The van der Waals surface area contributed by atoms with E-state index >= 15 is 0 Å². The van der Waals surface area contributed by atoms with Crippen LogP contribution in [-0.4, -0.2) is 109 Å². The molecule has 1 aromatic carbocycles. The highest BCUT2D eigenvalue weighted by Gasteiger charge is 2.37. The van der Waals surface area contributed by atoms with Crippen LogP contribution in [0.1, 0.15) is 49.1 Å². The number of hydrogen-bond donors (Lipinski definition) is 4. The van der Waals surface area contributed by atoms with Gasteiger partial charge in [0.05, 0.1) is 23.9 Å². The van der Waals surface area contributed by atoms with Crippen LogP contribution in [0.3, 0.4) is 0 Å². The third-order valence-electron chi connectivity index (χ3n) is 7.93. The van der Waals surface area contributed by atoms with Crippen molar-refractivity contribution in [2.24, 2.45) is 5.92 Å². The van der Waals surface area contributed by atoms with Crippen LogP contribution < -0.4 is 30.5 Å². The van der Waals surface area contributed by atoms with Crippen molar-refractivity contribution in [2.45, 2.75) is 44.7 Å². The zero-order valence-electron chi connectivity index (χ0n) is 29.5. The Balaban J connectivity index is 0.000000486. The van der Waals surface area contributed by atoms with Gasteiger partial charge in [0.1, 0.15) is 17.9 Å². The normalized spacial score (nSPS) is 14.5. The molecule has 3 heterocycles. The smallest absolute Gasteiger partial charge is 0.388 e. The molecule has 4 N–H and O–H groups in total. The molecule has 15 nitrogen and oxygen atoms in total. The highest BCUT2D eigenvalue weighted by atomic mass is 32.2. The van der Waals surface area contributed by atoms with Gasteiger partial charge in [0.15, 0.2) is 0 Å². The Hall–Kier alpha value is -4.54. The largest absolute Gasteiger partial charge is 0.451 e. The third kappa shape index (κ3) is 16.7. The van der Waals surface area contributed by atoms with E-state index in [2.05, 4.69) is 35.4 Å². The average molecular weight is 756 g/mol. The van der Waals surface area contributed by atoms with Gasteiger partial charge < -0.3 is 35.3 Å². The van der Waals surface area contributed by atoms with Crippen LogP contribution in [0.25, 0.3) is 0 Å². The van der Waals surface area contributed by atoms with Crippen LogP contribution >= 0.6 is 0 Å². The molecule has 2 aromatic rings. The van der Waals surface area contributed by atoms with Crippen LogP contribution in [-0.2, 0) is 36.9 Å². The molecule has 0 spiro atoms. The molecule has 2 saturated heterocycles. The summed E-state index contributed by atoms with van der Waals surface area (Å²) in [6, 6.07) is 10.5. The molecule has 1 aromatic heterocycles. The zero-order valence-corrected chi connectivity index (χ0v) is 30.3. The van der Waals surface area contributed by atoms with Crippen LogP contribution in [0.5, 0.6) is 0 Å². The maximum Gasteiger partial charge on any atom is 0.451 e. The highest BCUT2D eigenvalue weighted by Crippen LogP contribution is 2.32. The number of nitriles is 1. The zero-order chi connectivity index (χ0) is 38.4. The Morgan fingerprint density at radius 1 is 0.981 bits per heavy atom. The number of piperidine rings is 1. The molecule has 2 aliphatic heterocycles. The fraction of sp³-hybridized carbons (Fsp3) is 0.576. The van der Waals surface area contributed by atoms with E-state index in [9.17, 15) is 36.0 Å². The number of benzene rings is 1. The van der Waals surface area contributed by atoms with Crippen molar-refractivity contribution < 1.29 is 40.7 Å². The first-order chi connectivity index (χ1) is 24.8. The van der Waals surface area contributed by atoms with Crippen molar-refractivity contribution >= 4 is 40.4 Å². The van der Waals surface area contributed by atoms with Gasteiger partial charge in [-0.2, -0.15) is 18.4 Å². The lowest BCUT2D eigenvalue weighted by Crippen LogP contribution is -2.41. The number of ether oxygens (including phenoxy) is 1. The number of nitrogens with zero attached hydrogens (tertiary/aromatic N) is 5. The van der Waals surface area contributed by atoms with E-state index in [0.29, 0.717) is 69.8 Å². The quantitative estimate of drug-likeness (QED) is 0.154. The molecule has 0 radical (unpaired) electrons. The van der Waals surface area contributed by atoms with Gasteiger partial charge in [0, 0.05) is 66.1 Å². The maximum atomic E-state index is 13.4. The average Bonchev–Trinajstić information content (AvgIpc) is 3.67. The van der Waals surface area contributed by atoms with Gasteiger partial charge in [0.25, 0.3) is 0 Å². The number of sulfonamides is 1. The molecule has 19 heteroatoms. The number of hydrogen-bond acceptors (Lipinski definition) is 11. The minimum Gasteiger partial charge on any atom is -0.388 e. The van der Waals surface area contributed by atoms with Gasteiger partial charge in [0.2, 0.25) is 22.3 Å². The van der Waals surface area contributed by atoms with Crippen molar-refractivity contribution in [3.63, 3.8) is 0 Å². The maximum absolute atomic E-state index is 13.4. The monoisotopic (exact) mass is 755 g/mol. The minimum absolute atomic E-state index is 0.101. The summed E-state index contributed by atoms with van der Waals surface area (Å²) < 4.78 is 69.7. The fourth-order valence-corrected chi connectivity index (χ4v) is 6.11. The molecule has 0 saturated carbocycles. The minimum atomic E-state index is -4.62. The van der Waals surface area contributed by atoms with E-state index in [1.54, 1.807) is 32.4 Å². The number of methoxy groups -OCH3 is 1. The van der Waals surface area contributed by atoms with Gasteiger partial charge in [-0.25, -0.2) is 27.9 Å². The number of carbonyl (C=O) groups is 3. The van der Waals surface area contributed by atoms with Gasteiger partial charge in [-0.1, -0.05) is 12.1 Å². The van der Waals surface area contributed by atoms with E-state index in [0.717, 1.165) is 37.7 Å². The standard InChI is InChI=1S/C21H32F3N7O4S.C10H10N2O.C2H6O/c22-21(23,24)19-28-17(30-9-1-2-10-30)15-18(29-19)31-11-4-16(5-12-31)3-6-25-20(33)26-8-14-36(34,35)27-7-13-32;11-7-10-3-1-9(2-4-10)5-6-12-8-13;1-3-2/h13,15-16,27H,1-12,14H2,(H2,25,26,33);1-4,8H,5-6H2,(H,12,13);1-2H3. The van der Waals surface area contributed by atoms with E-state index in [-0.39, 0.29) is 30.6 Å². The van der Waals surface area contributed by atoms with Crippen molar-refractivity contribution in [1.29, 1.82) is 5.26 Å².